The molecular formula is C26H25F3N4O3. The third-order valence-corrected chi connectivity index (χ3v) is 6.78. The van der Waals surface area contributed by atoms with Gasteiger partial charge in [-0.15, -0.1) is 0 Å². The van der Waals surface area contributed by atoms with Crippen molar-refractivity contribution >= 4 is 17.3 Å². The summed E-state index contributed by atoms with van der Waals surface area (Å²) < 4.78 is 44.6. The number of carbonyl (C=O) groups excluding carboxylic acids is 1. The molecule has 1 amide bonds. The predicted octanol–water partition coefficient (Wildman–Crippen LogP) is 4.09. The lowest BCUT2D eigenvalue weighted by atomic mass is 9.87. The number of hydrogen-bond acceptors (Lipinski definition) is 6. The van der Waals surface area contributed by atoms with Gasteiger partial charge in [-0.1, -0.05) is 6.07 Å². The maximum atomic E-state index is 13.0. The molecule has 2 atom stereocenters. The number of carbonyl (C=O) groups is 1. The first kappa shape index (κ1) is 24.2. The number of rotatable bonds is 4. The number of alkyl halides is 3. The highest BCUT2D eigenvalue weighted by atomic mass is 19.4. The van der Waals surface area contributed by atoms with E-state index in [1.807, 2.05) is 13.0 Å². The molecule has 0 saturated carbocycles. The second-order valence-electron chi connectivity index (χ2n) is 9.08. The zero-order chi connectivity index (χ0) is 25.4. The number of aromatic nitrogens is 2. The molecule has 2 aliphatic heterocycles. The lowest BCUT2D eigenvalue weighted by Crippen LogP contribution is -2.54. The van der Waals surface area contributed by atoms with E-state index >= 15 is 0 Å². The Hall–Kier alpha value is -3.50. The fourth-order valence-electron chi connectivity index (χ4n) is 4.86. The molecule has 4 heterocycles. The van der Waals surface area contributed by atoms with Gasteiger partial charge in [0.1, 0.15) is 5.69 Å². The first-order valence-electron chi connectivity index (χ1n) is 11.6. The Labute approximate surface area is 205 Å². The molecule has 0 aliphatic carbocycles. The van der Waals surface area contributed by atoms with Crippen LogP contribution in [0, 0.1) is 12.8 Å². The van der Waals surface area contributed by atoms with Crippen LogP contribution in [0.15, 0.2) is 48.8 Å². The largest absolute Gasteiger partial charge is 0.433 e. The van der Waals surface area contributed by atoms with Crippen LogP contribution in [-0.2, 0) is 17.3 Å². The number of hydrogen-bond donors (Lipinski definition) is 2. The summed E-state index contributed by atoms with van der Waals surface area (Å²) in [6, 6.07) is 9.47. The third kappa shape index (κ3) is 4.66. The molecule has 1 fully saturated rings. The number of amides is 1. The van der Waals surface area contributed by atoms with Gasteiger partial charge >= 0.3 is 6.18 Å². The highest BCUT2D eigenvalue weighted by Crippen LogP contribution is 2.38. The van der Waals surface area contributed by atoms with Crippen LogP contribution < -0.4 is 10.2 Å². The Morgan fingerprint density at radius 3 is 2.83 bits per heavy atom. The normalized spacial score (nSPS) is 19.4. The SMILES string of the molecule is Cc1ccc(NC(=O)c2ccnc(C(F)(F)F)c2)cc1-c1cnc2c(c1)N1CCOC[C@H]1[C@@H](CO)C2. The highest BCUT2D eigenvalue weighted by molar-refractivity contribution is 6.04. The minimum atomic E-state index is -4.64. The minimum Gasteiger partial charge on any atom is -0.396 e. The standard InChI is InChI=1S/C26H25F3N4O3/c1-15-2-3-19(32-25(35)16-4-5-30-24(10-16)26(27,28)29)11-20(15)17-9-22-21(31-12-17)8-18(13-34)23-14-36-7-6-33(22)23/h2-5,9-12,18,23,34H,6-8,13-14H2,1H3,(H,32,35)/t18-,23+/m1/s1. The van der Waals surface area contributed by atoms with Gasteiger partial charge in [0.25, 0.3) is 5.91 Å². The zero-order valence-electron chi connectivity index (χ0n) is 19.5. The fraction of sp³-hybridized carbons (Fsp3) is 0.346. The molecule has 1 aromatic carbocycles. The van der Waals surface area contributed by atoms with Crippen LogP contribution in [-0.4, -0.2) is 53.4 Å². The number of halogens is 3. The van der Waals surface area contributed by atoms with Crippen molar-refractivity contribution in [2.24, 2.45) is 5.92 Å². The zero-order valence-corrected chi connectivity index (χ0v) is 19.5. The van der Waals surface area contributed by atoms with Crippen molar-refractivity contribution in [3.63, 3.8) is 0 Å². The number of aliphatic hydroxyl groups is 1. The third-order valence-electron chi connectivity index (χ3n) is 6.78. The lowest BCUT2D eigenvalue weighted by molar-refractivity contribution is -0.141. The Morgan fingerprint density at radius 2 is 2.06 bits per heavy atom. The summed E-state index contributed by atoms with van der Waals surface area (Å²) in [5.74, 6) is -0.602. The summed E-state index contributed by atoms with van der Waals surface area (Å²) in [7, 11) is 0. The number of benzene rings is 1. The van der Waals surface area contributed by atoms with Gasteiger partial charge in [-0.05, 0) is 54.8 Å². The highest BCUT2D eigenvalue weighted by Gasteiger charge is 2.37. The molecule has 0 bridgehead atoms. The van der Waals surface area contributed by atoms with Gasteiger partial charge in [-0.2, -0.15) is 13.2 Å². The number of morpholine rings is 1. The Morgan fingerprint density at radius 1 is 1.22 bits per heavy atom. The van der Waals surface area contributed by atoms with Crippen LogP contribution in [0.2, 0.25) is 0 Å². The van der Waals surface area contributed by atoms with Gasteiger partial charge in [0.15, 0.2) is 0 Å². The number of aliphatic hydroxyl groups excluding tert-OH is 1. The topological polar surface area (TPSA) is 87.6 Å². The summed E-state index contributed by atoms with van der Waals surface area (Å²) in [6.07, 6.45) is -1.22. The number of aryl methyl sites for hydroxylation is 1. The van der Waals surface area contributed by atoms with Gasteiger partial charge in [-0.25, -0.2) is 0 Å². The van der Waals surface area contributed by atoms with E-state index < -0.39 is 17.8 Å². The smallest absolute Gasteiger partial charge is 0.396 e. The lowest BCUT2D eigenvalue weighted by Gasteiger charge is -2.45. The van der Waals surface area contributed by atoms with E-state index in [4.69, 9.17) is 9.72 Å². The summed E-state index contributed by atoms with van der Waals surface area (Å²) in [5.41, 5.74) is 3.80. The fourth-order valence-corrected chi connectivity index (χ4v) is 4.86. The van der Waals surface area contributed by atoms with Crippen molar-refractivity contribution in [1.29, 1.82) is 0 Å². The van der Waals surface area contributed by atoms with Crippen molar-refractivity contribution in [3.8, 4) is 11.1 Å². The van der Waals surface area contributed by atoms with Crippen LogP contribution >= 0.6 is 0 Å². The Kier molecular flexibility index (Phi) is 6.40. The van der Waals surface area contributed by atoms with E-state index in [1.165, 1.54) is 6.07 Å². The van der Waals surface area contributed by atoms with Crippen molar-refractivity contribution < 1.29 is 27.8 Å². The molecule has 2 aromatic heterocycles. The summed E-state index contributed by atoms with van der Waals surface area (Å²) >= 11 is 0. The molecule has 5 rings (SSSR count). The average molecular weight is 499 g/mol. The number of ether oxygens (including phenoxy) is 1. The summed E-state index contributed by atoms with van der Waals surface area (Å²) in [4.78, 5) is 22.9. The number of nitrogens with one attached hydrogen (secondary N) is 1. The van der Waals surface area contributed by atoms with Crippen molar-refractivity contribution in [3.05, 3.63) is 71.3 Å². The second-order valence-corrected chi connectivity index (χ2v) is 9.08. The number of nitrogens with zero attached hydrogens (tertiary/aromatic N) is 3. The van der Waals surface area contributed by atoms with Crippen LogP contribution in [0.1, 0.15) is 27.3 Å². The van der Waals surface area contributed by atoms with E-state index in [1.54, 1.807) is 18.3 Å². The number of fused-ring (bicyclic) bond motifs is 3. The summed E-state index contributed by atoms with van der Waals surface area (Å²) in [5, 5.41) is 12.5. The van der Waals surface area contributed by atoms with E-state index in [2.05, 4.69) is 21.3 Å². The van der Waals surface area contributed by atoms with E-state index in [-0.39, 0.29) is 24.1 Å². The maximum Gasteiger partial charge on any atom is 0.433 e. The molecule has 0 spiro atoms. The van der Waals surface area contributed by atoms with Gasteiger partial charge in [0.2, 0.25) is 0 Å². The van der Waals surface area contributed by atoms with Gasteiger partial charge in [0.05, 0.1) is 30.6 Å². The van der Waals surface area contributed by atoms with E-state index in [0.717, 1.165) is 40.3 Å². The number of anilines is 2. The molecule has 1 saturated heterocycles. The van der Waals surface area contributed by atoms with E-state index in [0.29, 0.717) is 31.9 Å². The number of pyridine rings is 2. The summed E-state index contributed by atoms with van der Waals surface area (Å²) in [6.45, 7) is 3.87. The molecule has 36 heavy (non-hydrogen) atoms. The second kappa shape index (κ2) is 9.51. The van der Waals surface area contributed by atoms with Crippen LogP contribution in [0.25, 0.3) is 11.1 Å². The molecule has 7 nitrogen and oxygen atoms in total. The predicted molar refractivity (Wildman–Crippen MR) is 128 cm³/mol. The Bertz CT molecular complexity index is 1300. The molecule has 2 aliphatic rings. The molecule has 2 N–H and O–H groups in total. The van der Waals surface area contributed by atoms with Crippen molar-refractivity contribution in [1.82, 2.24) is 9.97 Å². The molecular weight excluding hydrogens is 473 g/mol. The average Bonchev–Trinajstić information content (AvgIpc) is 2.88. The molecule has 0 radical (unpaired) electrons. The van der Waals surface area contributed by atoms with Gasteiger partial charge in [-0.3, -0.25) is 14.8 Å². The maximum absolute atomic E-state index is 13.0. The minimum absolute atomic E-state index is 0.0578. The molecule has 188 valence electrons. The molecule has 3 aromatic rings. The quantitative estimate of drug-likeness (QED) is 0.564. The Balaban J connectivity index is 1.43. The first-order valence-corrected chi connectivity index (χ1v) is 11.6. The van der Waals surface area contributed by atoms with Crippen LogP contribution in [0.3, 0.4) is 0 Å². The van der Waals surface area contributed by atoms with Crippen molar-refractivity contribution in [2.45, 2.75) is 25.6 Å². The molecule has 0 unspecified atom stereocenters. The van der Waals surface area contributed by atoms with Crippen LogP contribution in [0.5, 0.6) is 0 Å². The first-order chi connectivity index (χ1) is 17.2. The molecule has 10 heteroatoms. The van der Waals surface area contributed by atoms with Crippen LogP contribution in [0.4, 0.5) is 24.5 Å². The van der Waals surface area contributed by atoms with E-state index in [9.17, 15) is 23.1 Å². The van der Waals surface area contributed by atoms with Crippen molar-refractivity contribution in [2.75, 3.05) is 36.6 Å². The van der Waals surface area contributed by atoms with Gasteiger partial charge in [0, 0.05) is 48.3 Å². The monoisotopic (exact) mass is 498 g/mol. The van der Waals surface area contributed by atoms with Gasteiger partial charge < -0.3 is 20.1 Å².